The largest absolute Gasteiger partial charge is 0.396 e. The standard InChI is InChI=1S/C13H26N2OS/c1-12(2)15-13(3,11-14)7-4-5-9-17-10-6-8-16/h12,15-16H,4-10H2,1-3H3. The summed E-state index contributed by atoms with van der Waals surface area (Å²) in [7, 11) is 0. The molecule has 1 unspecified atom stereocenters. The quantitative estimate of drug-likeness (QED) is 0.591. The summed E-state index contributed by atoms with van der Waals surface area (Å²) in [6.45, 7) is 6.41. The normalized spacial score (nSPS) is 14.6. The van der Waals surface area contributed by atoms with Crippen LogP contribution in [0.4, 0.5) is 0 Å². The maximum atomic E-state index is 9.16. The van der Waals surface area contributed by atoms with E-state index in [-0.39, 0.29) is 12.1 Å². The molecule has 100 valence electrons. The van der Waals surface area contributed by atoms with Gasteiger partial charge in [0, 0.05) is 12.6 Å². The van der Waals surface area contributed by atoms with E-state index in [1.165, 1.54) is 0 Å². The van der Waals surface area contributed by atoms with Crippen LogP contribution in [0, 0.1) is 11.3 Å². The first kappa shape index (κ1) is 16.8. The number of hydrogen-bond donors (Lipinski definition) is 2. The lowest BCUT2D eigenvalue weighted by molar-refractivity contribution is 0.296. The highest BCUT2D eigenvalue weighted by Gasteiger charge is 2.23. The second kappa shape index (κ2) is 9.76. The summed E-state index contributed by atoms with van der Waals surface area (Å²) in [4.78, 5) is 0. The fourth-order valence-electron chi connectivity index (χ4n) is 1.75. The maximum absolute atomic E-state index is 9.16. The van der Waals surface area contributed by atoms with Crippen molar-refractivity contribution in [1.29, 1.82) is 5.26 Å². The monoisotopic (exact) mass is 258 g/mol. The van der Waals surface area contributed by atoms with Gasteiger partial charge in [-0.15, -0.1) is 0 Å². The van der Waals surface area contributed by atoms with Gasteiger partial charge in [-0.05, 0) is 58.0 Å². The van der Waals surface area contributed by atoms with Crippen LogP contribution in [0.1, 0.15) is 46.5 Å². The summed E-state index contributed by atoms with van der Waals surface area (Å²) < 4.78 is 0. The highest BCUT2D eigenvalue weighted by molar-refractivity contribution is 7.99. The van der Waals surface area contributed by atoms with Gasteiger partial charge in [0.2, 0.25) is 0 Å². The van der Waals surface area contributed by atoms with Crippen molar-refractivity contribution in [3.63, 3.8) is 0 Å². The molecular formula is C13H26N2OS. The second-order valence-electron chi connectivity index (χ2n) is 4.89. The molecule has 4 heteroatoms. The number of nitrogens with one attached hydrogen (secondary N) is 1. The van der Waals surface area contributed by atoms with Gasteiger partial charge in [0.05, 0.1) is 6.07 Å². The van der Waals surface area contributed by atoms with Gasteiger partial charge in [-0.25, -0.2) is 0 Å². The summed E-state index contributed by atoms with van der Waals surface area (Å²) in [5, 5.41) is 21.1. The van der Waals surface area contributed by atoms with Crippen molar-refractivity contribution in [2.75, 3.05) is 18.1 Å². The number of unbranched alkanes of at least 4 members (excludes halogenated alkanes) is 1. The molecule has 0 aliphatic heterocycles. The van der Waals surface area contributed by atoms with Crippen molar-refractivity contribution in [3.05, 3.63) is 0 Å². The predicted octanol–water partition coefficient (Wildman–Crippen LogP) is 2.55. The molecule has 0 rings (SSSR count). The van der Waals surface area contributed by atoms with Crippen LogP contribution in [0.5, 0.6) is 0 Å². The highest BCUT2D eigenvalue weighted by Crippen LogP contribution is 2.15. The minimum Gasteiger partial charge on any atom is -0.396 e. The first-order valence-electron chi connectivity index (χ1n) is 6.41. The fourth-order valence-corrected chi connectivity index (χ4v) is 2.69. The molecule has 0 heterocycles. The van der Waals surface area contributed by atoms with Gasteiger partial charge < -0.3 is 5.11 Å². The molecule has 0 amide bonds. The van der Waals surface area contributed by atoms with Crippen molar-refractivity contribution in [2.24, 2.45) is 0 Å². The predicted molar refractivity (Wildman–Crippen MR) is 75.2 cm³/mol. The second-order valence-corrected chi connectivity index (χ2v) is 6.11. The van der Waals surface area contributed by atoms with Crippen molar-refractivity contribution in [3.8, 4) is 6.07 Å². The Bertz CT molecular complexity index is 228. The molecule has 0 aromatic rings. The van der Waals surface area contributed by atoms with E-state index >= 15 is 0 Å². The minimum atomic E-state index is -0.385. The van der Waals surface area contributed by atoms with Crippen LogP contribution < -0.4 is 5.32 Å². The third-order valence-corrected chi connectivity index (χ3v) is 3.67. The Labute approximate surface area is 110 Å². The van der Waals surface area contributed by atoms with Crippen LogP contribution in [0.15, 0.2) is 0 Å². The minimum absolute atomic E-state index is 0.289. The first-order valence-corrected chi connectivity index (χ1v) is 7.57. The number of hydrogen-bond acceptors (Lipinski definition) is 4. The summed E-state index contributed by atoms with van der Waals surface area (Å²) in [6.07, 6.45) is 4.01. The maximum Gasteiger partial charge on any atom is 0.104 e. The van der Waals surface area contributed by atoms with Gasteiger partial charge >= 0.3 is 0 Å². The third kappa shape index (κ3) is 9.46. The molecule has 17 heavy (non-hydrogen) atoms. The van der Waals surface area contributed by atoms with Crippen LogP contribution in [-0.2, 0) is 0 Å². The Morgan fingerprint density at radius 2 is 1.94 bits per heavy atom. The van der Waals surface area contributed by atoms with Crippen molar-refractivity contribution >= 4 is 11.8 Å². The average Bonchev–Trinajstić information content (AvgIpc) is 2.27. The molecule has 3 nitrogen and oxygen atoms in total. The number of nitriles is 1. The van der Waals surface area contributed by atoms with Gasteiger partial charge in [0.1, 0.15) is 5.54 Å². The molecule has 0 bridgehead atoms. The lowest BCUT2D eigenvalue weighted by Gasteiger charge is -2.25. The van der Waals surface area contributed by atoms with Crippen LogP contribution in [-0.4, -0.2) is 34.8 Å². The highest BCUT2D eigenvalue weighted by atomic mass is 32.2. The zero-order chi connectivity index (χ0) is 13.1. The van der Waals surface area contributed by atoms with Gasteiger partial charge in [-0.2, -0.15) is 17.0 Å². The Kier molecular flexibility index (Phi) is 9.62. The summed E-state index contributed by atoms with van der Waals surface area (Å²) in [5.41, 5.74) is -0.385. The van der Waals surface area contributed by atoms with E-state index in [1.54, 1.807) is 0 Å². The molecule has 0 aliphatic carbocycles. The van der Waals surface area contributed by atoms with Gasteiger partial charge in [0.25, 0.3) is 0 Å². The topological polar surface area (TPSA) is 56.0 Å². The molecule has 0 saturated carbocycles. The smallest absolute Gasteiger partial charge is 0.104 e. The lowest BCUT2D eigenvalue weighted by atomic mass is 9.96. The van der Waals surface area contributed by atoms with Crippen LogP contribution >= 0.6 is 11.8 Å². The summed E-state index contributed by atoms with van der Waals surface area (Å²) in [6, 6.07) is 2.72. The van der Waals surface area contributed by atoms with Crippen molar-refractivity contribution < 1.29 is 5.11 Å². The number of rotatable bonds is 10. The van der Waals surface area contributed by atoms with E-state index in [9.17, 15) is 0 Å². The van der Waals surface area contributed by atoms with Crippen LogP contribution in [0.2, 0.25) is 0 Å². The number of aliphatic hydroxyl groups is 1. The first-order chi connectivity index (χ1) is 8.04. The zero-order valence-corrected chi connectivity index (χ0v) is 12.1. The molecule has 1 atom stereocenters. The van der Waals surface area contributed by atoms with Crippen LogP contribution in [0.3, 0.4) is 0 Å². The lowest BCUT2D eigenvalue weighted by Crippen LogP contribution is -2.44. The molecule has 0 aromatic carbocycles. The number of nitrogens with zero attached hydrogens (tertiary/aromatic N) is 1. The zero-order valence-electron chi connectivity index (χ0n) is 11.3. The molecule has 0 aliphatic rings. The van der Waals surface area contributed by atoms with Gasteiger partial charge in [-0.1, -0.05) is 0 Å². The van der Waals surface area contributed by atoms with Gasteiger partial charge in [0.15, 0.2) is 0 Å². The molecular weight excluding hydrogens is 232 g/mol. The molecule has 0 radical (unpaired) electrons. The Morgan fingerprint density at radius 3 is 2.47 bits per heavy atom. The van der Waals surface area contributed by atoms with E-state index in [1.807, 2.05) is 18.7 Å². The Balaban J connectivity index is 3.60. The SMILES string of the molecule is CC(C)NC(C)(C#N)CCCCSCCCO. The fraction of sp³-hybridized carbons (Fsp3) is 0.923. The molecule has 0 spiro atoms. The van der Waals surface area contributed by atoms with E-state index in [4.69, 9.17) is 10.4 Å². The molecule has 0 fully saturated rings. The molecule has 0 aromatic heterocycles. The summed E-state index contributed by atoms with van der Waals surface area (Å²) in [5.74, 6) is 2.17. The van der Waals surface area contributed by atoms with E-state index < -0.39 is 0 Å². The Morgan fingerprint density at radius 1 is 1.29 bits per heavy atom. The van der Waals surface area contributed by atoms with E-state index in [0.717, 1.165) is 37.2 Å². The third-order valence-electron chi connectivity index (χ3n) is 2.52. The van der Waals surface area contributed by atoms with E-state index in [2.05, 4.69) is 25.2 Å². The van der Waals surface area contributed by atoms with Gasteiger partial charge in [-0.3, -0.25) is 5.32 Å². The molecule has 2 N–H and O–H groups in total. The Hall–Kier alpha value is -0.240. The molecule has 0 saturated heterocycles. The van der Waals surface area contributed by atoms with E-state index in [0.29, 0.717) is 6.04 Å². The van der Waals surface area contributed by atoms with Crippen molar-refractivity contribution in [2.45, 2.75) is 58.0 Å². The average molecular weight is 258 g/mol. The van der Waals surface area contributed by atoms with Crippen LogP contribution in [0.25, 0.3) is 0 Å². The van der Waals surface area contributed by atoms with Crippen molar-refractivity contribution in [1.82, 2.24) is 5.32 Å². The number of aliphatic hydroxyl groups excluding tert-OH is 1. The number of thioether (sulfide) groups is 1. The summed E-state index contributed by atoms with van der Waals surface area (Å²) >= 11 is 1.89.